The van der Waals surface area contributed by atoms with Crippen molar-refractivity contribution >= 4 is 17.5 Å². The van der Waals surface area contributed by atoms with E-state index in [0.717, 1.165) is 22.5 Å². The zero-order valence-electron chi connectivity index (χ0n) is 13.9. The Morgan fingerprint density at radius 1 is 1.36 bits per heavy atom. The van der Waals surface area contributed by atoms with E-state index >= 15 is 0 Å². The average Bonchev–Trinajstić information content (AvgIpc) is 3.19. The van der Waals surface area contributed by atoms with Crippen LogP contribution in [0.4, 0.5) is 0 Å². The second-order valence-electron chi connectivity index (χ2n) is 6.11. The van der Waals surface area contributed by atoms with Crippen LogP contribution in [0.2, 0.25) is 5.02 Å². The molecule has 3 aromatic rings. The fourth-order valence-electron chi connectivity index (χ4n) is 3.08. The molecule has 0 aromatic carbocycles. The fourth-order valence-corrected chi connectivity index (χ4v) is 3.26. The fraction of sp³-hybridized carbons (Fsp3) is 0.294. The summed E-state index contributed by atoms with van der Waals surface area (Å²) in [5, 5.41) is 8.88. The number of amides is 1. The number of hydrogen-bond donors (Lipinski definition) is 0. The first-order chi connectivity index (χ1) is 12.0. The number of aryl methyl sites for hydroxylation is 2. The third-order valence-electron chi connectivity index (χ3n) is 4.30. The zero-order valence-corrected chi connectivity index (χ0v) is 14.6. The second kappa shape index (κ2) is 6.00. The van der Waals surface area contributed by atoms with Crippen molar-refractivity contribution in [3.63, 3.8) is 0 Å². The van der Waals surface area contributed by atoms with Crippen molar-refractivity contribution < 1.29 is 9.32 Å². The van der Waals surface area contributed by atoms with E-state index in [4.69, 9.17) is 16.1 Å². The quantitative estimate of drug-likeness (QED) is 0.704. The normalized spacial score (nSPS) is 13.8. The predicted octanol–water partition coefficient (Wildman–Crippen LogP) is 2.63. The molecule has 128 valence electrons. The van der Waals surface area contributed by atoms with Gasteiger partial charge in [-0.1, -0.05) is 16.8 Å². The molecule has 7 nitrogen and oxygen atoms in total. The van der Waals surface area contributed by atoms with E-state index in [1.807, 2.05) is 26.2 Å². The number of fused-ring (bicyclic) bond motifs is 1. The molecule has 0 atom stereocenters. The summed E-state index contributed by atoms with van der Waals surface area (Å²) in [7, 11) is 1.84. The molecule has 0 fully saturated rings. The first-order valence-corrected chi connectivity index (χ1v) is 8.29. The molecule has 0 saturated carbocycles. The number of carbonyl (C=O) groups excluding carboxylic acids is 1. The van der Waals surface area contributed by atoms with Gasteiger partial charge in [-0.25, -0.2) is 0 Å². The number of aromatic nitrogens is 4. The number of pyridine rings is 1. The standard InChI is InChI=1S/C17H16ClN5O2/c1-10-13(9-22(2)20-10)15-6-16(25-21-15)17(24)23-4-3-14-11(8-23)5-12(18)7-19-14/h5-7,9H,3-4,8H2,1-2H3. The summed E-state index contributed by atoms with van der Waals surface area (Å²) in [6, 6.07) is 3.52. The molecule has 1 aliphatic rings. The maximum absolute atomic E-state index is 12.7. The Morgan fingerprint density at radius 3 is 2.96 bits per heavy atom. The van der Waals surface area contributed by atoms with Crippen LogP contribution < -0.4 is 0 Å². The van der Waals surface area contributed by atoms with E-state index in [2.05, 4.69) is 15.2 Å². The molecule has 1 aliphatic heterocycles. The van der Waals surface area contributed by atoms with E-state index < -0.39 is 0 Å². The van der Waals surface area contributed by atoms with Gasteiger partial charge in [-0.3, -0.25) is 14.5 Å². The molecular formula is C17H16ClN5O2. The predicted molar refractivity (Wildman–Crippen MR) is 91.1 cm³/mol. The van der Waals surface area contributed by atoms with Crippen molar-refractivity contribution in [2.45, 2.75) is 19.9 Å². The van der Waals surface area contributed by atoms with Crippen molar-refractivity contribution in [2.24, 2.45) is 7.05 Å². The first kappa shape index (κ1) is 15.8. The smallest absolute Gasteiger partial charge is 0.292 e. The summed E-state index contributed by atoms with van der Waals surface area (Å²) in [4.78, 5) is 18.8. The van der Waals surface area contributed by atoms with Crippen molar-refractivity contribution in [2.75, 3.05) is 6.54 Å². The topological polar surface area (TPSA) is 77.0 Å². The lowest BCUT2D eigenvalue weighted by Gasteiger charge is -2.27. The average molecular weight is 358 g/mol. The molecule has 4 heterocycles. The van der Waals surface area contributed by atoms with Crippen molar-refractivity contribution in [1.29, 1.82) is 0 Å². The van der Waals surface area contributed by atoms with Crippen LogP contribution in [0.3, 0.4) is 0 Å². The summed E-state index contributed by atoms with van der Waals surface area (Å²) in [5.41, 5.74) is 4.25. The summed E-state index contributed by atoms with van der Waals surface area (Å²) < 4.78 is 7.00. The number of halogens is 1. The molecule has 3 aromatic heterocycles. The highest BCUT2D eigenvalue weighted by atomic mass is 35.5. The number of carbonyl (C=O) groups is 1. The van der Waals surface area contributed by atoms with Crippen LogP contribution in [-0.4, -0.2) is 37.3 Å². The first-order valence-electron chi connectivity index (χ1n) is 7.91. The number of nitrogens with zero attached hydrogens (tertiary/aromatic N) is 5. The monoisotopic (exact) mass is 357 g/mol. The Bertz CT molecular complexity index is 962. The molecule has 0 aliphatic carbocycles. The maximum Gasteiger partial charge on any atom is 0.292 e. The van der Waals surface area contributed by atoms with Gasteiger partial charge in [0.1, 0.15) is 5.69 Å². The van der Waals surface area contributed by atoms with Crippen LogP contribution in [0.1, 0.15) is 27.5 Å². The summed E-state index contributed by atoms with van der Waals surface area (Å²) >= 11 is 6.01. The molecule has 0 spiro atoms. The molecule has 1 amide bonds. The molecule has 4 rings (SSSR count). The Morgan fingerprint density at radius 2 is 2.20 bits per heavy atom. The van der Waals surface area contributed by atoms with Crippen LogP contribution in [0, 0.1) is 6.92 Å². The maximum atomic E-state index is 12.7. The largest absolute Gasteiger partial charge is 0.350 e. The molecule has 8 heteroatoms. The Balaban J connectivity index is 1.57. The Hall–Kier alpha value is -2.67. The molecular weight excluding hydrogens is 342 g/mol. The van der Waals surface area contributed by atoms with Gasteiger partial charge in [0.2, 0.25) is 5.76 Å². The Kier molecular flexibility index (Phi) is 3.80. The highest BCUT2D eigenvalue weighted by Gasteiger charge is 2.26. The van der Waals surface area contributed by atoms with Crippen LogP contribution in [-0.2, 0) is 20.0 Å². The summed E-state index contributed by atoms with van der Waals surface area (Å²) in [5.74, 6) is 0.0302. The third kappa shape index (κ3) is 2.91. The van der Waals surface area contributed by atoms with Gasteiger partial charge in [0.05, 0.1) is 10.7 Å². The number of rotatable bonds is 2. The lowest BCUT2D eigenvalue weighted by molar-refractivity contribution is 0.0691. The van der Waals surface area contributed by atoms with Crippen LogP contribution in [0.15, 0.2) is 29.0 Å². The van der Waals surface area contributed by atoms with E-state index in [-0.39, 0.29) is 11.7 Å². The van der Waals surface area contributed by atoms with Gasteiger partial charge in [0.25, 0.3) is 5.91 Å². The summed E-state index contributed by atoms with van der Waals surface area (Å²) in [6.07, 6.45) is 4.18. The Labute approximate surface area is 149 Å². The number of hydrogen-bond acceptors (Lipinski definition) is 5. The van der Waals surface area contributed by atoms with E-state index in [1.54, 1.807) is 21.8 Å². The van der Waals surface area contributed by atoms with Gasteiger partial charge in [0.15, 0.2) is 0 Å². The van der Waals surface area contributed by atoms with Crippen LogP contribution in [0.25, 0.3) is 11.3 Å². The van der Waals surface area contributed by atoms with Crippen molar-refractivity contribution in [1.82, 2.24) is 24.8 Å². The molecule has 25 heavy (non-hydrogen) atoms. The zero-order chi connectivity index (χ0) is 17.6. The second-order valence-corrected chi connectivity index (χ2v) is 6.55. The van der Waals surface area contributed by atoms with Gasteiger partial charge >= 0.3 is 0 Å². The summed E-state index contributed by atoms with van der Waals surface area (Å²) in [6.45, 7) is 2.94. The molecule has 0 radical (unpaired) electrons. The van der Waals surface area contributed by atoms with E-state index in [9.17, 15) is 4.79 Å². The van der Waals surface area contributed by atoms with Gasteiger partial charge in [0, 0.05) is 56.3 Å². The van der Waals surface area contributed by atoms with Crippen molar-refractivity contribution in [3.05, 3.63) is 52.3 Å². The van der Waals surface area contributed by atoms with Crippen molar-refractivity contribution in [3.8, 4) is 11.3 Å². The lowest BCUT2D eigenvalue weighted by Crippen LogP contribution is -2.36. The van der Waals surface area contributed by atoms with E-state index in [0.29, 0.717) is 30.2 Å². The minimum atomic E-state index is -0.189. The van der Waals surface area contributed by atoms with E-state index in [1.165, 1.54) is 0 Å². The van der Waals surface area contributed by atoms with Gasteiger partial charge in [-0.2, -0.15) is 5.10 Å². The highest BCUT2D eigenvalue weighted by Crippen LogP contribution is 2.25. The molecule has 0 N–H and O–H groups in total. The molecule has 0 bridgehead atoms. The SMILES string of the molecule is Cc1nn(C)cc1-c1cc(C(=O)N2CCc3ncc(Cl)cc3C2)on1. The minimum absolute atomic E-state index is 0.189. The lowest BCUT2D eigenvalue weighted by atomic mass is 10.1. The molecule has 0 unspecified atom stereocenters. The van der Waals surface area contributed by atoms with Gasteiger partial charge in [-0.15, -0.1) is 0 Å². The minimum Gasteiger partial charge on any atom is -0.350 e. The van der Waals surface area contributed by atoms with Gasteiger partial charge < -0.3 is 9.42 Å². The van der Waals surface area contributed by atoms with Crippen LogP contribution in [0.5, 0.6) is 0 Å². The van der Waals surface area contributed by atoms with Gasteiger partial charge in [-0.05, 0) is 18.6 Å². The van der Waals surface area contributed by atoms with Crippen LogP contribution >= 0.6 is 11.6 Å². The molecule has 0 saturated heterocycles. The highest BCUT2D eigenvalue weighted by molar-refractivity contribution is 6.30. The third-order valence-corrected chi connectivity index (χ3v) is 4.51.